The Morgan fingerprint density at radius 2 is 2.05 bits per heavy atom. The van der Waals surface area contributed by atoms with Crippen LogP contribution in [0.4, 0.5) is 5.13 Å². The van der Waals surface area contributed by atoms with E-state index in [1.54, 1.807) is 6.92 Å². The molecule has 1 aromatic rings. The number of carboxylic acid groups (broad SMARTS) is 1. The molecule has 1 heterocycles. The predicted molar refractivity (Wildman–Crippen MR) is 72.4 cm³/mol. The summed E-state index contributed by atoms with van der Waals surface area (Å²) in [5.41, 5.74) is 0.548. The summed E-state index contributed by atoms with van der Waals surface area (Å²) in [4.78, 5) is 39.0. The monoisotopic (exact) mass is 311 g/mol. The molecule has 21 heavy (non-hydrogen) atoms. The van der Waals surface area contributed by atoms with Gasteiger partial charge in [0.15, 0.2) is 5.13 Å². The maximum atomic E-state index is 12.0. The smallest absolute Gasteiger partial charge is 0.311 e. The fraction of sp³-hybridized carbons (Fsp3) is 0.538. The number of nitrogens with zero attached hydrogens (tertiary/aromatic N) is 1. The number of carbonyl (C=O) groups is 3. The average Bonchev–Trinajstić information content (AvgIpc) is 2.66. The Balaban J connectivity index is 2.00. The zero-order valence-electron chi connectivity index (χ0n) is 11.7. The molecule has 0 spiro atoms. The van der Waals surface area contributed by atoms with Gasteiger partial charge in [0.2, 0.25) is 5.91 Å². The van der Waals surface area contributed by atoms with Crippen LogP contribution in [-0.2, 0) is 25.5 Å². The average molecular weight is 311 g/mol. The molecule has 114 valence electrons. The molecule has 2 rings (SSSR count). The standard InChI is InChI=1S/C13H16N2O5S/c1-6-9(5-10(16)20-2)14-13(21-6)15-11(17)7-3-4-8(7)12(18)19/h7-8H,3-5H2,1-2H3,(H,18,19)(H,14,15,17)/p-1/t7-,8+/m0/s1. The van der Waals surface area contributed by atoms with Gasteiger partial charge in [-0.05, 0) is 19.8 Å². The molecular formula is C13H15N2O5S-. The van der Waals surface area contributed by atoms with E-state index < -0.39 is 23.8 Å². The van der Waals surface area contributed by atoms with Gasteiger partial charge in [0.1, 0.15) is 0 Å². The second-order valence-corrected chi connectivity index (χ2v) is 6.08. The van der Waals surface area contributed by atoms with Crippen LogP contribution in [0.3, 0.4) is 0 Å². The van der Waals surface area contributed by atoms with Crippen molar-refractivity contribution in [3.63, 3.8) is 0 Å². The topological polar surface area (TPSA) is 108 Å². The van der Waals surface area contributed by atoms with Gasteiger partial charge < -0.3 is 20.0 Å². The van der Waals surface area contributed by atoms with Gasteiger partial charge in [0, 0.05) is 22.7 Å². The Kier molecular flexibility index (Phi) is 4.56. The molecule has 1 fully saturated rings. The number of aromatic nitrogens is 1. The van der Waals surface area contributed by atoms with Crippen molar-refractivity contribution in [2.75, 3.05) is 12.4 Å². The van der Waals surface area contributed by atoms with Gasteiger partial charge in [0.05, 0.1) is 19.2 Å². The molecule has 7 nitrogen and oxygen atoms in total. The first-order chi connectivity index (χ1) is 9.92. The van der Waals surface area contributed by atoms with Gasteiger partial charge >= 0.3 is 5.97 Å². The highest BCUT2D eigenvalue weighted by atomic mass is 32.1. The minimum absolute atomic E-state index is 0.0415. The van der Waals surface area contributed by atoms with E-state index in [1.165, 1.54) is 18.4 Å². The number of amides is 1. The molecule has 0 bridgehead atoms. The van der Waals surface area contributed by atoms with E-state index in [4.69, 9.17) is 0 Å². The molecule has 1 saturated carbocycles. The maximum Gasteiger partial charge on any atom is 0.311 e. The van der Waals surface area contributed by atoms with Crippen molar-refractivity contribution in [1.29, 1.82) is 0 Å². The molecule has 2 atom stereocenters. The van der Waals surface area contributed by atoms with E-state index in [-0.39, 0.29) is 12.3 Å². The second-order valence-electron chi connectivity index (χ2n) is 4.87. The molecule has 1 aliphatic rings. The molecule has 0 unspecified atom stereocenters. The third-order valence-corrected chi connectivity index (χ3v) is 4.50. The maximum absolute atomic E-state index is 12.0. The van der Waals surface area contributed by atoms with Crippen molar-refractivity contribution in [2.24, 2.45) is 11.8 Å². The highest BCUT2D eigenvalue weighted by Gasteiger charge is 2.37. The fourth-order valence-electron chi connectivity index (χ4n) is 2.15. The largest absolute Gasteiger partial charge is 0.550 e. The molecule has 8 heteroatoms. The number of methoxy groups -OCH3 is 1. The van der Waals surface area contributed by atoms with E-state index in [2.05, 4.69) is 15.0 Å². The van der Waals surface area contributed by atoms with Crippen LogP contribution in [-0.4, -0.2) is 29.9 Å². The van der Waals surface area contributed by atoms with Crippen molar-refractivity contribution in [2.45, 2.75) is 26.2 Å². The first-order valence-corrected chi connectivity index (χ1v) is 7.29. The van der Waals surface area contributed by atoms with Crippen molar-refractivity contribution < 1.29 is 24.2 Å². The molecule has 1 amide bonds. The summed E-state index contributed by atoms with van der Waals surface area (Å²) in [6.07, 6.45) is 1.04. The minimum atomic E-state index is -1.19. The van der Waals surface area contributed by atoms with Gasteiger partial charge in [-0.1, -0.05) is 0 Å². The lowest BCUT2D eigenvalue weighted by Crippen LogP contribution is -2.46. The van der Waals surface area contributed by atoms with E-state index in [0.717, 1.165) is 4.88 Å². The highest BCUT2D eigenvalue weighted by molar-refractivity contribution is 7.15. The number of thiazole rings is 1. The molecular weight excluding hydrogens is 296 g/mol. The van der Waals surface area contributed by atoms with E-state index in [0.29, 0.717) is 23.7 Å². The lowest BCUT2D eigenvalue weighted by atomic mass is 9.73. The molecule has 1 aliphatic carbocycles. The minimum Gasteiger partial charge on any atom is -0.550 e. The summed E-state index contributed by atoms with van der Waals surface area (Å²) < 4.78 is 4.57. The number of nitrogens with one attached hydrogen (secondary N) is 1. The fourth-order valence-corrected chi connectivity index (χ4v) is 2.98. The Bertz CT molecular complexity index is 583. The number of rotatable bonds is 5. The predicted octanol–water partition coefficient (Wildman–Crippen LogP) is -0.118. The number of carbonyl (C=O) groups excluding carboxylic acids is 3. The number of hydrogen-bond acceptors (Lipinski definition) is 7. The molecule has 0 saturated heterocycles. The van der Waals surface area contributed by atoms with Gasteiger partial charge in [-0.15, -0.1) is 11.3 Å². The van der Waals surface area contributed by atoms with Crippen LogP contribution in [0, 0.1) is 18.8 Å². The number of aliphatic carboxylic acids is 1. The van der Waals surface area contributed by atoms with Crippen LogP contribution in [0.1, 0.15) is 23.4 Å². The van der Waals surface area contributed by atoms with Crippen LogP contribution in [0.15, 0.2) is 0 Å². The van der Waals surface area contributed by atoms with Crippen molar-refractivity contribution in [3.05, 3.63) is 10.6 Å². The summed E-state index contributed by atoms with van der Waals surface area (Å²) in [6, 6.07) is 0. The molecule has 1 aromatic heterocycles. The Labute approximate surface area is 125 Å². The molecule has 0 aromatic carbocycles. The van der Waals surface area contributed by atoms with Crippen LogP contribution in [0.2, 0.25) is 0 Å². The summed E-state index contributed by atoms with van der Waals surface area (Å²) >= 11 is 1.24. The summed E-state index contributed by atoms with van der Waals surface area (Å²) in [5.74, 6) is -3.25. The second kappa shape index (κ2) is 6.21. The lowest BCUT2D eigenvalue weighted by Gasteiger charge is -2.35. The number of ether oxygens (including phenoxy) is 1. The van der Waals surface area contributed by atoms with E-state index in [9.17, 15) is 19.5 Å². The number of carboxylic acids is 1. The molecule has 0 aliphatic heterocycles. The van der Waals surface area contributed by atoms with Crippen LogP contribution >= 0.6 is 11.3 Å². The summed E-state index contributed by atoms with van der Waals surface area (Å²) in [5, 5.41) is 13.8. The number of anilines is 1. The number of aryl methyl sites for hydroxylation is 1. The first kappa shape index (κ1) is 15.4. The quantitative estimate of drug-likeness (QED) is 0.760. The summed E-state index contributed by atoms with van der Waals surface area (Å²) in [7, 11) is 1.30. The number of hydrogen-bond donors (Lipinski definition) is 1. The number of esters is 1. The third-order valence-electron chi connectivity index (χ3n) is 3.58. The molecule has 1 N–H and O–H groups in total. The Hall–Kier alpha value is -1.96. The Morgan fingerprint density at radius 3 is 2.57 bits per heavy atom. The zero-order valence-corrected chi connectivity index (χ0v) is 12.5. The normalized spacial score (nSPS) is 20.5. The first-order valence-electron chi connectivity index (χ1n) is 6.47. The lowest BCUT2D eigenvalue weighted by molar-refractivity contribution is -0.316. The third kappa shape index (κ3) is 3.38. The molecule has 0 radical (unpaired) electrons. The van der Waals surface area contributed by atoms with Gasteiger partial charge in [-0.2, -0.15) is 0 Å². The zero-order chi connectivity index (χ0) is 15.6. The van der Waals surface area contributed by atoms with Crippen molar-refractivity contribution >= 4 is 34.3 Å². The van der Waals surface area contributed by atoms with Gasteiger partial charge in [0.25, 0.3) is 0 Å². The Morgan fingerprint density at radius 1 is 1.38 bits per heavy atom. The summed E-state index contributed by atoms with van der Waals surface area (Å²) in [6.45, 7) is 1.79. The van der Waals surface area contributed by atoms with Crippen molar-refractivity contribution in [1.82, 2.24) is 4.98 Å². The van der Waals surface area contributed by atoms with E-state index in [1.807, 2.05) is 0 Å². The van der Waals surface area contributed by atoms with Crippen LogP contribution in [0.5, 0.6) is 0 Å². The highest BCUT2D eigenvalue weighted by Crippen LogP contribution is 2.35. The van der Waals surface area contributed by atoms with E-state index >= 15 is 0 Å². The van der Waals surface area contributed by atoms with Crippen LogP contribution in [0.25, 0.3) is 0 Å². The van der Waals surface area contributed by atoms with Gasteiger partial charge in [-0.3, -0.25) is 9.59 Å². The SMILES string of the molecule is COC(=O)Cc1nc(NC(=O)[C@H]2CC[C@H]2C(=O)[O-])sc1C. The van der Waals surface area contributed by atoms with Crippen LogP contribution < -0.4 is 10.4 Å². The van der Waals surface area contributed by atoms with Gasteiger partial charge in [-0.25, -0.2) is 4.98 Å². The van der Waals surface area contributed by atoms with Crippen molar-refractivity contribution in [3.8, 4) is 0 Å².